The summed E-state index contributed by atoms with van der Waals surface area (Å²) in [6.07, 6.45) is 1.64. The molecule has 1 N–H and O–H groups in total. The second kappa shape index (κ2) is 8.56. The zero-order valence-electron chi connectivity index (χ0n) is 20.0. The molecule has 0 aliphatic heterocycles. The Morgan fingerprint density at radius 1 is 0.743 bits per heavy atom. The van der Waals surface area contributed by atoms with Crippen LogP contribution in [0.1, 0.15) is 21.6 Å². The summed E-state index contributed by atoms with van der Waals surface area (Å²) in [6, 6.07) is 21.5. The molecule has 3 heterocycles. The molecule has 6 aromatic rings. The average Bonchev–Trinajstić information content (AvgIpc) is 3.42. The number of thiophene rings is 1. The smallest absolute Gasteiger partial charge is 0.143 e. The molecular formula is C29H24N4S2. The van der Waals surface area contributed by atoms with Gasteiger partial charge in [0.25, 0.3) is 0 Å². The predicted molar refractivity (Wildman–Crippen MR) is 150 cm³/mol. The molecule has 35 heavy (non-hydrogen) atoms. The van der Waals surface area contributed by atoms with E-state index in [2.05, 4.69) is 104 Å². The molecule has 0 saturated heterocycles. The van der Waals surface area contributed by atoms with Crippen LogP contribution < -0.4 is 5.32 Å². The van der Waals surface area contributed by atoms with Gasteiger partial charge in [-0.2, -0.15) is 0 Å². The van der Waals surface area contributed by atoms with Crippen molar-refractivity contribution in [2.75, 3.05) is 5.32 Å². The number of anilines is 2. The van der Waals surface area contributed by atoms with Gasteiger partial charge in [0, 0.05) is 21.7 Å². The van der Waals surface area contributed by atoms with E-state index in [9.17, 15) is 0 Å². The van der Waals surface area contributed by atoms with E-state index in [1.807, 2.05) is 0 Å². The van der Waals surface area contributed by atoms with Crippen LogP contribution >= 0.6 is 22.7 Å². The highest BCUT2D eigenvalue weighted by atomic mass is 32.1. The number of aryl methyl sites for hydroxylation is 4. The van der Waals surface area contributed by atoms with E-state index < -0.39 is 0 Å². The van der Waals surface area contributed by atoms with E-state index >= 15 is 0 Å². The van der Waals surface area contributed by atoms with Crippen LogP contribution in [0, 0.1) is 27.7 Å². The third-order valence-electron chi connectivity index (χ3n) is 6.40. The lowest BCUT2D eigenvalue weighted by Gasteiger charge is -2.10. The molecule has 6 heteroatoms. The van der Waals surface area contributed by atoms with Gasteiger partial charge in [-0.05, 0) is 86.3 Å². The number of fused-ring (bicyclic) bond motifs is 2. The highest BCUT2D eigenvalue weighted by Crippen LogP contribution is 2.41. The van der Waals surface area contributed by atoms with Crippen molar-refractivity contribution in [3.8, 4) is 21.7 Å². The number of rotatable bonds is 4. The summed E-state index contributed by atoms with van der Waals surface area (Å²) in [5, 5.41) is 5.66. The van der Waals surface area contributed by atoms with Crippen molar-refractivity contribution in [1.29, 1.82) is 0 Å². The van der Waals surface area contributed by atoms with Crippen molar-refractivity contribution in [3.05, 3.63) is 88.6 Å². The summed E-state index contributed by atoms with van der Waals surface area (Å²) >= 11 is 3.44. The van der Waals surface area contributed by atoms with Gasteiger partial charge in [0.05, 0.1) is 15.6 Å². The monoisotopic (exact) mass is 492 g/mol. The van der Waals surface area contributed by atoms with Crippen molar-refractivity contribution in [1.82, 2.24) is 15.0 Å². The maximum atomic E-state index is 4.82. The Labute approximate surface area is 212 Å². The van der Waals surface area contributed by atoms with Gasteiger partial charge in [-0.1, -0.05) is 24.3 Å². The first kappa shape index (κ1) is 21.9. The molecule has 172 valence electrons. The largest absolute Gasteiger partial charge is 0.340 e. The van der Waals surface area contributed by atoms with E-state index in [0.717, 1.165) is 37.8 Å². The summed E-state index contributed by atoms with van der Waals surface area (Å²) in [4.78, 5) is 16.3. The number of nitrogens with zero attached hydrogens (tertiary/aromatic N) is 3. The Morgan fingerprint density at radius 3 is 2.34 bits per heavy atom. The Hall–Kier alpha value is -3.61. The Balaban J connectivity index is 1.36. The molecule has 4 nitrogen and oxygen atoms in total. The van der Waals surface area contributed by atoms with Gasteiger partial charge in [-0.15, -0.1) is 22.7 Å². The molecule has 0 amide bonds. The SMILES string of the molecule is Cc1ccc2nc(-c3ccc(Nc4ncnc5sc(C)c(-c6ccc(C)c(C)c6)c45)cc3)sc2c1. The van der Waals surface area contributed by atoms with Crippen molar-refractivity contribution in [3.63, 3.8) is 0 Å². The van der Waals surface area contributed by atoms with Crippen LogP contribution in [0.25, 0.3) is 42.1 Å². The van der Waals surface area contributed by atoms with Gasteiger partial charge in [-0.25, -0.2) is 15.0 Å². The van der Waals surface area contributed by atoms with Crippen molar-refractivity contribution in [2.45, 2.75) is 27.7 Å². The van der Waals surface area contributed by atoms with Crippen LogP contribution in [0.4, 0.5) is 11.5 Å². The molecule has 0 radical (unpaired) electrons. The molecule has 0 fully saturated rings. The average molecular weight is 493 g/mol. The minimum Gasteiger partial charge on any atom is -0.340 e. The van der Waals surface area contributed by atoms with Crippen molar-refractivity contribution < 1.29 is 0 Å². The molecule has 0 spiro atoms. The summed E-state index contributed by atoms with van der Waals surface area (Å²) < 4.78 is 1.22. The Morgan fingerprint density at radius 2 is 1.54 bits per heavy atom. The van der Waals surface area contributed by atoms with Gasteiger partial charge < -0.3 is 5.32 Å². The lowest BCUT2D eigenvalue weighted by molar-refractivity contribution is 1.23. The lowest BCUT2D eigenvalue weighted by Crippen LogP contribution is -1.96. The van der Waals surface area contributed by atoms with E-state index in [-0.39, 0.29) is 0 Å². The summed E-state index contributed by atoms with van der Waals surface area (Å²) in [5.41, 5.74) is 9.40. The maximum Gasteiger partial charge on any atom is 0.143 e. The number of thiazole rings is 1. The molecular weight excluding hydrogens is 468 g/mol. The molecule has 6 rings (SSSR count). The van der Waals surface area contributed by atoms with Gasteiger partial charge in [0.1, 0.15) is 22.0 Å². The molecule has 0 bridgehead atoms. The highest BCUT2D eigenvalue weighted by molar-refractivity contribution is 7.21. The van der Waals surface area contributed by atoms with Crippen molar-refractivity contribution >= 4 is 54.6 Å². The minimum absolute atomic E-state index is 0.829. The fourth-order valence-corrected chi connectivity index (χ4v) is 6.45. The molecule has 0 atom stereocenters. The zero-order chi connectivity index (χ0) is 24.1. The number of hydrogen-bond acceptors (Lipinski definition) is 6. The standard InChI is InChI=1S/C29H24N4S2/c1-16-5-12-23-24(13-16)35-28(33-23)20-8-10-22(11-9-20)32-27-26-25(19(4)34-29(26)31-15-30-27)21-7-6-17(2)18(3)14-21/h5-15H,1-4H3,(H,30,31,32). The summed E-state index contributed by atoms with van der Waals surface area (Å²) in [5.74, 6) is 0.829. The third-order valence-corrected chi connectivity index (χ3v) is 8.48. The number of nitrogens with one attached hydrogen (secondary N) is 1. The van der Waals surface area contributed by atoms with Crippen molar-refractivity contribution in [2.24, 2.45) is 0 Å². The van der Waals surface area contributed by atoms with E-state index in [4.69, 9.17) is 4.98 Å². The first-order valence-corrected chi connectivity index (χ1v) is 13.2. The zero-order valence-corrected chi connectivity index (χ0v) is 21.6. The fourth-order valence-electron chi connectivity index (χ4n) is 4.37. The molecule has 0 saturated carbocycles. The van der Waals surface area contributed by atoms with Crippen LogP contribution in [-0.2, 0) is 0 Å². The molecule has 3 aromatic heterocycles. The van der Waals surface area contributed by atoms with E-state index in [1.54, 1.807) is 29.0 Å². The van der Waals surface area contributed by atoms with Gasteiger partial charge >= 0.3 is 0 Å². The minimum atomic E-state index is 0.829. The normalized spacial score (nSPS) is 11.4. The topological polar surface area (TPSA) is 50.7 Å². The molecule has 0 aliphatic rings. The first-order chi connectivity index (χ1) is 17.0. The molecule has 3 aromatic carbocycles. The molecule has 0 aliphatic carbocycles. The maximum absolute atomic E-state index is 4.82. The summed E-state index contributed by atoms with van der Waals surface area (Å²) in [7, 11) is 0. The first-order valence-electron chi connectivity index (χ1n) is 11.5. The van der Waals surface area contributed by atoms with Gasteiger partial charge in [-0.3, -0.25) is 0 Å². The van der Waals surface area contributed by atoms with Gasteiger partial charge in [0.15, 0.2) is 0 Å². The quantitative estimate of drug-likeness (QED) is 0.268. The Kier molecular flexibility index (Phi) is 5.35. The predicted octanol–water partition coefficient (Wildman–Crippen LogP) is 8.61. The van der Waals surface area contributed by atoms with Crippen LogP contribution in [-0.4, -0.2) is 15.0 Å². The lowest BCUT2D eigenvalue weighted by atomic mass is 9.99. The van der Waals surface area contributed by atoms with Crippen LogP contribution in [0.15, 0.2) is 67.0 Å². The fraction of sp³-hybridized carbons (Fsp3) is 0.138. The number of aromatic nitrogens is 3. The van der Waals surface area contributed by atoms with Crippen LogP contribution in [0.5, 0.6) is 0 Å². The van der Waals surface area contributed by atoms with Gasteiger partial charge in [0.2, 0.25) is 0 Å². The third kappa shape index (κ3) is 3.99. The van der Waals surface area contributed by atoms with E-state index in [1.165, 1.54) is 37.4 Å². The number of benzene rings is 3. The Bertz CT molecular complexity index is 1710. The van der Waals surface area contributed by atoms with E-state index in [0.29, 0.717) is 0 Å². The van der Waals surface area contributed by atoms with Crippen LogP contribution in [0.2, 0.25) is 0 Å². The molecule has 0 unspecified atom stereocenters. The second-order valence-corrected chi connectivity index (χ2v) is 11.2. The number of hydrogen-bond donors (Lipinski definition) is 1. The summed E-state index contributed by atoms with van der Waals surface area (Å²) in [6.45, 7) is 8.58. The second-order valence-electron chi connectivity index (χ2n) is 8.93. The highest BCUT2D eigenvalue weighted by Gasteiger charge is 2.17. The van der Waals surface area contributed by atoms with Crippen LogP contribution in [0.3, 0.4) is 0 Å².